The van der Waals surface area contributed by atoms with Gasteiger partial charge in [0.15, 0.2) is 11.6 Å². The van der Waals surface area contributed by atoms with Gasteiger partial charge in [-0.2, -0.15) is 4.98 Å². The van der Waals surface area contributed by atoms with Crippen LogP contribution in [0.15, 0.2) is 21.3 Å². The number of aromatic nitrogens is 2. The molecule has 0 bridgehead atoms. The number of carbonyl (C=O) groups is 1. The number of ether oxygens (including phenoxy) is 1. The molecular weight excluding hydrogens is 298 g/mol. The normalized spacial score (nSPS) is 26.7. The third-order valence-electron chi connectivity index (χ3n) is 4.79. The van der Waals surface area contributed by atoms with E-state index in [9.17, 15) is 4.79 Å². The molecule has 0 N–H and O–H groups in total. The fraction of sp³-hybridized carbons (Fsp3) is 0.562. The minimum absolute atomic E-state index is 0.0575. The Kier molecular flexibility index (Phi) is 3.45. The number of hydrogen-bond donors (Lipinski definition) is 0. The van der Waals surface area contributed by atoms with E-state index < -0.39 is 0 Å². The van der Waals surface area contributed by atoms with Gasteiger partial charge in [-0.05, 0) is 25.8 Å². The topological polar surface area (TPSA) is 81.6 Å². The Labute approximate surface area is 133 Å². The van der Waals surface area contributed by atoms with Crippen LogP contribution in [-0.2, 0) is 11.2 Å². The van der Waals surface area contributed by atoms with E-state index in [1.54, 1.807) is 12.3 Å². The summed E-state index contributed by atoms with van der Waals surface area (Å²) >= 11 is 0. The van der Waals surface area contributed by atoms with Crippen LogP contribution in [-0.4, -0.2) is 46.7 Å². The third kappa shape index (κ3) is 2.55. The van der Waals surface area contributed by atoms with Crippen molar-refractivity contribution in [2.75, 3.05) is 19.7 Å². The molecule has 4 rings (SSSR count). The zero-order valence-electron chi connectivity index (χ0n) is 13.2. The van der Waals surface area contributed by atoms with Crippen LogP contribution >= 0.6 is 0 Å². The van der Waals surface area contributed by atoms with E-state index in [0.29, 0.717) is 55.4 Å². The lowest BCUT2D eigenvalue weighted by Gasteiger charge is -2.18. The van der Waals surface area contributed by atoms with Crippen LogP contribution in [0.3, 0.4) is 0 Å². The van der Waals surface area contributed by atoms with Gasteiger partial charge in [-0.25, -0.2) is 0 Å². The summed E-state index contributed by atoms with van der Waals surface area (Å²) in [5.41, 5.74) is 0.867. The highest BCUT2D eigenvalue weighted by Gasteiger charge is 2.46. The number of likely N-dealkylation sites (tertiary alicyclic amines) is 1. The highest BCUT2D eigenvalue weighted by atomic mass is 16.5. The second kappa shape index (κ2) is 5.49. The molecule has 0 aliphatic carbocycles. The van der Waals surface area contributed by atoms with E-state index in [-0.39, 0.29) is 12.0 Å². The molecule has 2 aromatic rings. The zero-order chi connectivity index (χ0) is 16.0. The zero-order valence-corrected chi connectivity index (χ0v) is 13.2. The minimum atomic E-state index is -0.0575. The molecule has 2 saturated heterocycles. The highest BCUT2D eigenvalue weighted by Crippen LogP contribution is 2.36. The van der Waals surface area contributed by atoms with Crippen LogP contribution < -0.4 is 0 Å². The fourth-order valence-corrected chi connectivity index (χ4v) is 3.56. The van der Waals surface area contributed by atoms with Crippen molar-refractivity contribution >= 4 is 5.91 Å². The molecule has 23 heavy (non-hydrogen) atoms. The third-order valence-corrected chi connectivity index (χ3v) is 4.79. The van der Waals surface area contributed by atoms with Crippen molar-refractivity contribution in [3.8, 4) is 0 Å². The average Bonchev–Trinajstić information content (AvgIpc) is 3.25. The Morgan fingerprint density at radius 1 is 1.39 bits per heavy atom. The standard InChI is InChI=1S/C16H19N3O4/c1-9-3-4-21-15(9)16(20)19-6-12-11(8-22-13(12)7-19)5-14-17-10(2)18-23-14/h3-4,11-13H,5-8H2,1-2H3/t11-,12+,13+/m0/s1. The van der Waals surface area contributed by atoms with E-state index in [1.807, 2.05) is 18.7 Å². The minimum Gasteiger partial charge on any atom is -0.459 e. The van der Waals surface area contributed by atoms with Crippen molar-refractivity contribution < 1.29 is 18.5 Å². The van der Waals surface area contributed by atoms with Crippen LogP contribution in [0.5, 0.6) is 0 Å². The molecule has 0 unspecified atom stereocenters. The van der Waals surface area contributed by atoms with Gasteiger partial charge in [0.2, 0.25) is 5.89 Å². The first-order valence-corrected chi connectivity index (χ1v) is 7.86. The number of rotatable bonds is 3. The number of carbonyl (C=O) groups excluding carboxylic acids is 1. The largest absolute Gasteiger partial charge is 0.459 e. The highest BCUT2D eigenvalue weighted by molar-refractivity contribution is 5.93. The maximum absolute atomic E-state index is 12.6. The van der Waals surface area contributed by atoms with Gasteiger partial charge in [0.25, 0.3) is 5.91 Å². The molecule has 7 nitrogen and oxygen atoms in total. The van der Waals surface area contributed by atoms with Crippen molar-refractivity contribution in [2.24, 2.45) is 11.8 Å². The Bertz CT molecular complexity index is 722. The van der Waals surface area contributed by atoms with Crippen molar-refractivity contribution in [1.29, 1.82) is 0 Å². The molecule has 0 saturated carbocycles. The Hall–Kier alpha value is -2.15. The lowest BCUT2D eigenvalue weighted by atomic mass is 9.90. The molecular formula is C16H19N3O4. The molecule has 0 aromatic carbocycles. The molecule has 2 aromatic heterocycles. The first-order chi connectivity index (χ1) is 11.1. The van der Waals surface area contributed by atoms with Gasteiger partial charge in [-0.15, -0.1) is 0 Å². The van der Waals surface area contributed by atoms with Crippen LogP contribution in [0.25, 0.3) is 0 Å². The lowest BCUT2D eigenvalue weighted by molar-refractivity contribution is 0.0649. The van der Waals surface area contributed by atoms with Gasteiger partial charge in [0.1, 0.15) is 0 Å². The summed E-state index contributed by atoms with van der Waals surface area (Å²) in [5, 5.41) is 3.83. The smallest absolute Gasteiger partial charge is 0.289 e. The SMILES string of the molecule is Cc1noc(C[C@H]2CO[C@@H]3CN(C(=O)c4occc4C)C[C@H]23)n1. The molecule has 0 spiro atoms. The monoisotopic (exact) mass is 317 g/mol. The van der Waals surface area contributed by atoms with Crippen LogP contribution in [0, 0.1) is 25.7 Å². The average molecular weight is 317 g/mol. The summed E-state index contributed by atoms with van der Waals surface area (Å²) in [4.78, 5) is 18.7. The number of nitrogens with zero attached hydrogens (tertiary/aromatic N) is 3. The fourth-order valence-electron chi connectivity index (χ4n) is 3.56. The maximum Gasteiger partial charge on any atom is 0.289 e. The predicted molar refractivity (Wildman–Crippen MR) is 78.8 cm³/mol. The van der Waals surface area contributed by atoms with Gasteiger partial charge in [-0.1, -0.05) is 5.16 Å². The molecule has 3 atom stereocenters. The van der Waals surface area contributed by atoms with Gasteiger partial charge in [0, 0.05) is 31.0 Å². The van der Waals surface area contributed by atoms with Gasteiger partial charge in [-0.3, -0.25) is 4.79 Å². The van der Waals surface area contributed by atoms with Crippen LogP contribution in [0.1, 0.15) is 27.8 Å². The lowest BCUT2D eigenvalue weighted by Crippen LogP contribution is -2.31. The molecule has 0 radical (unpaired) electrons. The summed E-state index contributed by atoms with van der Waals surface area (Å²) < 4.78 is 16.4. The summed E-state index contributed by atoms with van der Waals surface area (Å²) in [6, 6.07) is 1.81. The Morgan fingerprint density at radius 3 is 2.96 bits per heavy atom. The van der Waals surface area contributed by atoms with E-state index in [2.05, 4.69) is 10.1 Å². The second-order valence-electron chi connectivity index (χ2n) is 6.38. The second-order valence-corrected chi connectivity index (χ2v) is 6.38. The first kappa shape index (κ1) is 14.4. The summed E-state index contributed by atoms with van der Waals surface area (Å²) in [5.74, 6) is 2.26. The Balaban J connectivity index is 1.45. The van der Waals surface area contributed by atoms with E-state index in [4.69, 9.17) is 13.7 Å². The van der Waals surface area contributed by atoms with Crippen LogP contribution in [0.4, 0.5) is 0 Å². The molecule has 2 fully saturated rings. The molecule has 7 heteroatoms. The summed E-state index contributed by atoms with van der Waals surface area (Å²) in [6.45, 7) is 5.66. The van der Waals surface area contributed by atoms with Gasteiger partial charge < -0.3 is 18.6 Å². The van der Waals surface area contributed by atoms with E-state index in [1.165, 1.54) is 0 Å². The molecule has 1 amide bonds. The number of hydrogen-bond acceptors (Lipinski definition) is 6. The van der Waals surface area contributed by atoms with Crippen molar-refractivity contribution in [3.63, 3.8) is 0 Å². The van der Waals surface area contributed by atoms with E-state index >= 15 is 0 Å². The quantitative estimate of drug-likeness (QED) is 0.855. The Morgan fingerprint density at radius 2 is 2.26 bits per heavy atom. The number of aryl methyl sites for hydroxylation is 2. The summed E-state index contributed by atoms with van der Waals surface area (Å²) in [7, 11) is 0. The van der Waals surface area contributed by atoms with Crippen LogP contribution in [0.2, 0.25) is 0 Å². The maximum atomic E-state index is 12.6. The predicted octanol–water partition coefficient (Wildman–Crippen LogP) is 1.61. The number of furan rings is 1. The van der Waals surface area contributed by atoms with Crippen molar-refractivity contribution in [2.45, 2.75) is 26.4 Å². The van der Waals surface area contributed by atoms with Crippen molar-refractivity contribution in [3.05, 3.63) is 35.4 Å². The molecule has 122 valence electrons. The van der Waals surface area contributed by atoms with Gasteiger partial charge >= 0.3 is 0 Å². The van der Waals surface area contributed by atoms with E-state index in [0.717, 1.165) is 5.56 Å². The number of amides is 1. The molecule has 2 aliphatic rings. The van der Waals surface area contributed by atoms with Crippen molar-refractivity contribution in [1.82, 2.24) is 15.0 Å². The first-order valence-electron chi connectivity index (χ1n) is 7.86. The van der Waals surface area contributed by atoms with Gasteiger partial charge in [0.05, 0.1) is 19.0 Å². The summed E-state index contributed by atoms with van der Waals surface area (Å²) in [6.07, 6.45) is 2.34. The number of fused-ring (bicyclic) bond motifs is 1. The molecule has 4 heterocycles. The molecule has 2 aliphatic heterocycles.